The quantitative estimate of drug-likeness (QED) is 0.679. The molecule has 7 nitrogen and oxygen atoms in total. The highest BCUT2D eigenvalue weighted by molar-refractivity contribution is 7.89. The molecule has 0 fully saturated rings. The topological polar surface area (TPSA) is 122 Å². The first-order valence-electron chi connectivity index (χ1n) is 5.90. The molecular formula is C12H13N3O4S2. The number of thiazole rings is 1. The number of anilines is 1. The smallest absolute Gasteiger partial charge is 0.337 e. The molecule has 0 aliphatic heterocycles. The Hall–Kier alpha value is -1.97. The second-order valence-electron chi connectivity index (χ2n) is 4.19. The number of aromatic nitrogens is 1. The van der Waals surface area contributed by atoms with Crippen LogP contribution in [0.15, 0.2) is 34.0 Å². The average Bonchev–Trinajstić information content (AvgIpc) is 2.91. The van der Waals surface area contributed by atoms with Crippen molar-refractivity contribution in [3.05, 3.63) is 40.3 Å². The zero-order valence-corrected chi connectivity index (χ0v) is 12.4. The summed E-state index contributed by atoms with van der Waals surface area (Å²) in [5, 5.41) is 10.9. The summed E-state index contributed by atoms with van der Waals surface area (Å²) < 4.78 is 26.7. The van der Waals surface area contributed by atoms with Gasteiger partial charge in [0.15, 0.2) is 0 Å². The molecule has 112 valence electrons. The lowest BCUT2D eigenvalue weighted by molar-refractivity contribution is 0.0692. The van der Waals surface area contributed by atoms with Crippen LogP contribution in [0.2, 0.25) is 0 Å². The lowest BCUT2D eigenvalue weighted by Gasteiger charge is -2.09. The van der Waals surface area contributed by atoms with Crippen LogP contribution in [-0.2, 0) is 16.4 Å². The molecular weight excluding hydrogens is 314 g/mol. The van der Waals surface area contributed by atoms with E-state index in [4.69, 9.17) is 10.8 Å². The molecule has 2 rings (SSSR count). The molecule has 0 saturated carbocycles. The van der Waals surface area contributed by atoms with Crippen LogP contribution < -0.4 is 10.5 Å². The predicted molar refractivity (Wildman–Crippen MR) is 78.8 cm³/mol. The van der Waals surface area contributed by atoms with Crippen molar-refractivity contribution >= 4 is 33.0 Å². The number of nitrogen functional groups attached to an aromatic ring is 1. The van der Waals surface area contributed by atoms with Gasteiger partial charge in [-0.1, -0.05) is 0 Å². The molecule has 0 amide bonds. The molecule has 0 aliphatic carbocycles. The van der Waals surface area contributed by atoms with E-state index in [2.05, 4.69) is 9.71 Å². The summed E-state index contributed by atoms with van der Waals surface area (Å²) in [5.41, 5.74) is 7.83. The third-order valence-electron chi connectivity index (χ3n) is 2.68. The summed E-state index contributed by atoms with van der Waals surface area (Å²) in [4.78, 5) is 14.8. The lowest BCUT2D eigenvalue weighted by Crippen LogP contribution is -2.27. The number of hydrogen-bond acceptors (Lipinski definition) is 6. The molecule has 1 aromatic carbocycles. The first-order chi connectivity index (χ1) is 9.90. The zero-order valence-electron chi connectivity index (χ0n) is 10.8. The molecule has 0 aliphatic rings. The van der Waals surface area contributed by atoms with Gasteiger partial charge in [0.1, 0.15) is 0 Å². The van der Waals surface area contributed by atoms with Crippen LogP contribution >= 0.6 is 11.3 Å². The number of hydrogen-bond donors (Lipinski definition) is 3. The molecule has 0 unspecified atom stereocenters. The highest BCUT2D eigenvalue weighted by atomic mass is 32.2. The summed E-state index contributed by atoms with van der Waals surface area (Å²) >= 11 is 1.42. The van der Waals surface area contributed by atoms with Gasteiger partial charge in [-0.3, -0.25) is 0 Å². The Morgan fingerprint density at radius 3 is 2.81 bits per heavy atom. The van der Waals surface area contributed by atoms with E-state index >= 15 is 0 Å². The van der Waals surface area contributed by atoms with Gasteiger partial charge >= 0.3 is 5.97 Å². The second kappa shape index (κ2) is 6.20. The largest absolute Gasteiger partial charge is 0.478 e. The van der Waals surface area contributed by atoms with Crippen LogP contribution in [0.1, 0.15) is 16.1 Å². The van der Waals surface area contributed by atoms with Crippen molar-refractivity contribution in [1.29, 1.82) is 0 Å². The monoisotopic (exact) mass is 327 g/mol. The maximum absolute atomic E-state index is 12.2. The highest BCUT2D eigenvalue weighted by Gasteiger charge is 2.22. The third kappa shape index (κ3) is 3.78. The van der Waals surface area contributed by atoms with E-state index < -0.39 is 16.0 Å². The van der Waals surface area contributed by atoms with Crippen LogP contribution in [0, 0.1) is 0 Å². The Morgan fingerprint density at radius 1 is 1.43 bits per heavy atom. The molecule has 21 heavy (non-hydrogen) atoms. The minimum absolute atomic E-state index is 0.125. The number of nitrogens with one attached hydrogen (secondary N) is 1. The summed E-state index contributed by atoms with van der Waals surface area (Å²) in [6.07, 6.45) is 0.424. The molecule has 0 bridgehead atoms. The summed E-state index contributed by atoms with van der Waals surface area (Å²) in [6, 6.07) is 3.65. The number of carbonyl (C=O) groups is 1. The zero-order chi connectivity index (χ0) is 15.5. The van der Waals surface area contributed by atoms with Crippen molar-refractivity contribution in [1.82, 2.24) is 9.71 Å². The van der Waals surface area contributed by atoms with Crippen molar-refractivity contribution < 1.29 is 18.3 Å². The molecule has 9 heteroatoms. The van der Waals surface area contributed by atoms with Crippen molar-refractivity contribution in [3.63, 3.8) is 0 Å². The van der Waals surface area contributed by atoms with E-state index in [1.54, 1.807) is 5.51 Å². The van der Waals surface area contributed by atoms with E-state index in [1.807, 2.05) is 5.38 Å². The van der Waals surface area contributed by atoms with Gasteiger partial charge in [0.2, 0.25) is 10.0 Å². The first-order valence-corrected chi connectivity index (χ1v) is 8.32. The maximum atomic E-state index is 12.2. The Bertz CT molecular complexity index is 742. The fourth-order valence-electron chi connectivity index (χ4n) is 1.69. The van der Waals surface area contributed by atoms with Crippen LogP contribution in [0.25, 0.3) is 0 Å². The van der Waals surface area contributed by atoms with E-state index in [1.165, 1.54) is 23.5 Å². The second-order valence-corrected chi connectivity index (χ2v) is 6.64. The fourth-order valence-corrected chi connectivity index (χ4v) is 3.55. The van der Waals surface area contributed by atoms with Crippen molar-refractivity contribution in [2.24, 2.45) is 0 Å². The fraction of sp³-hybridized carbons (Fsp3) is 0.167. The maximum Gasteiger partial charge on any atom is 0.337 e. The van der Waals surface area contributed by atoms with Gasteiger partial charge in [-0.2, -0.15) is 0 Å². The number of carboxylic acids is 1. The summed E-state index contributed by atoms with van der Waals surface area (Å²) in [7, 11) is -3.95. The molecule has 0 radical (unpaired) electrons. The van der Waals surface area contributed by atoms with E-state index in [9.17, 15) is 13.2 Å². The molecule has 2 aromatic rings. The molecule has 1 heterocycles. The third-order valence-corrected chi connectivity index (χ3v) is 4.82. The Labute approximate surface area is 125 Å². The van der Waals surface area contributed by atoms with Crippen LogP contribution in [-0.4, -0.2) is 31.0 Å². The summed E-state index contributed by atoms with van der Waals surface area (Å²) in [5.74, 6) is -1.32. The number of sulfonamides is 1. The van der Waals surface area contributed by atoms with Crippen LogP contribution in [0.4, 0.5) is 5.69 Å². The van der Waals surface area contributed by atoms with Gasteiger partial charge in [0.25, 0.3) is 0 Å². The van der Waals surface area contributed by atoms with Crippen LogP contribution in [0.3, 0.4) is 0 Å². The molecule has 0 atom stereocenters. The number of nitrogens with zero attached hydrogens (tertiary/aromatic N) is 1. The van der Waals surface area contributed by atoms with Crippen molar-refractivity contribution in [3.8, 4) is 0 Å². The van der Waals surface area contributed by atoms with Crippen molar-refractivity contribution in [2.75, 3.05) is 12.3 Å². The average molecular weight is 327 g/mol. The predicted octanol–water partition coefficient (Wildman–Crippen LogP) is 0.945. The Balaban J connectivity index is 2.19. The van der Waals surface area contributed by atoms with Gasteiger partial charge in [0.05, 0.1) is 21.7 Å². The van der Waals surface area contributed by atoms with Gasteiger partial charge in [-0.25, -0.2) is 22.9 Å². The SMILES string of the molecule is Nc1ccc(C(=O)O)c(S(=O)(=O)NCCc2cscn2)c1. The minimum atomic E-state index is -3.95. The number of nitrogens with two attached hydrogens (primary N) is 1. The molecule has 0 spiro atoms. The molecule has 4 N–H and O–H groups in total. The van der Waals surface area contributed by atoms with E-state index in [0.717, 1.165) is 11.8 Å². The highest BCUT2D eigenvalue weighted by Crippen LogP contribution is 2.19. The summed E-state index contributed by atoms with van der Waals surface area (Å²) in [6.45, 7) is 0.125. The normalized spacial score (nSPS) is 11.4. The number of aromatic carboxylic acids is 1. The first kappa shape index (κ1) is 15.4. The van der Waals surface area contributed by atoms with Crippen LogP contribution in [0.5, 0.6) is 0 Å². The van der Waals surface area contributed by atoms with Gasteiger partial charge < -0.3 is 10.8 Å². The van der Waals surface area contributed by atoms with Crippen molar-refractivity contribution in [2.45, 2.75) is 11.3 Å². The molecule has 1 aromatic heterocycles. The van der Waals surface area contributed by atoms with E-state index in [-0.39, 0.29) is 22.7 Å². The lowest BCUT2D eigenvalue weighted by atomic mass is 10.2. The van der Waals surface area contributed by atoms with Gasteiger partial charge in [0, 0.05) is 24.0 Å². The van der Waals surface area contributed by atoms with E-state index in [0.29, 0.717) is 6.42 Å². The van der Waals surface area contributed by atoms with Gasteiger partial charge in [-0.05, 0) is 18.2 Å². The number of benzene rings is 1. The van der Waals surface area contributed by atoms with Gasteiger partial charge in [-0.15, -0.1) is 11.3 Å². The Morgan fingerprint density at radius 2 is 2.19 bits per heavy atom. The molecule has 0 saturated heterocycles. The Kier molecular flexibility index (Phi) is 4.56. The minimum Gasteiger partial charge on any atom is -0.478 e. The number of rotatable bonds is 6. The standard InChI is InChI=1S/C12H13N3O4S2/c13-8-1-2-10(12(16)17)11(5-8)21(18,19)15-4-3-9-6-20-7-14-9/h1-2,5-7,15H,3-4,13H2,(H,16,17). The number of carboxylic acid groups (broad SMARTS) is 1.